The molecule has 2 aromatic rings. The van der Waals surface area contributed by atoms with E-state index in [2.05, 4.69) is 52.4 Å². The Morgan fingerprint density at radius 2 is 2.00 bits per heavy atom. The van der Waals surface area contributed by atoms with E-state index in [1.165, 1.54) is 5.56 Å². The molecule has 1 aromatic heterocycles. The molecule has 1 heterocycles. The molecule has 0 saturated carbocycles. The Labute approximate surface area is 110 Å². The van der Waals surface area contributed by atoms with Gasteiger partial charge >= 0.3 is 0 Å². The van der Waals surface area contributed by atoms with Gasteiger partial charge in [0.05, 0.1) is 12.3 Å². The van der Waals surface area contributed by atoms with Crippen LogP contribution in [0.25, 0.3) is 0 Å². The number of halogens is 1. The summed E-state index contributed by atoms with van der Waals surface area (Å²) in [6.45, 7) is 3.15. The van der Waals surface area contributed by atoms with Crippen molar-refractivity contribution in [1.29, 1.82) is 0 Å². The third-order valence-corrected chi connectivity index (χ3v) is 3.33. The van der Waals surface area contributed by atoms with Crippen molar-refractivity contribution < 1.29 is 4.42 Å². The van der Waals surface area contributed by atoms with Crippen LogP contribution >= 0.6 is 15.9 Å². The van der Waals surface area contributed by atoms with Gasteiger partial charge in [0.1, 0.15) is 0 Å². The van der Waals surface area contributed by atoms with Crippen LogP contribution in [0.3, 0.4) is 0 Å². The van der Waals surface area contributed by atoms with E-state index in [1.54, 1.807) is 6.26 Å². The number of benzene rings is 1. The summed E-state index contributed by atoms with van der Waals surface area (Å²) in [7, 11) is 0. The van der Waals surface area contributed by atoms with Gasteiger partial charge in [-0.3, -0.25) is 0 Å². The van der Waals surface area contributed by atoms with Crippen LogP contribution in [0.1, 0.15) is 30.5 Å². The summed E-state index contributed by atoms with van der Waals surface area (Å²) >= 11 is 3.45. The maximum absolute atomic E-state index is 5.32. The molecule has 90 valence electrons. The predicted molar refractivity (Wildman–Crippen MR) is 73.0 cm³/mol. The van der Waals surface area contributed by atoms with Crippen molar-refractivity contribution in [2.75, 3.05) is 6.54 Å². The minimum absolute atomic E-state index is 0.185. The monoisotopic (exact) mass is 293 g/mol. The molecule has 0 bridgehead atoms. The summed E-state index contributed by atoms with van der Waals surface area (Å²) in [4.78, 5) is 0. The summed E-state index contributed by atoms with van der Waals surface area (Å²) in [5, 5.41) is 3.54. The molecular formula is C14H16BrNO. The third-order valence-electron chi connectivity index (χ3n) is 2.69. The highest BCUT2D eigenvalue weighted by Crippen LogP contribution is 2.29. The molecule has 1 atom stereocenters. The average molecular weight is 294 g/mol. The van der Waals surface area contributed by atoms with E-state index in [1.807, 2.05) is 12.1 Å². The molecule has 0 spiro atoms. The van der Waals surface area contributed by atoms with Crippen LogP contribution in [0.2, 0.25) is 0 Å². The maximum Gasteiger partial charge on any atom is 0.174 e. The minimum atomic E-state index is 0.185. The number of nitrogens with one attached hydrogen (secondary N) is 1. The van der Waals surface area contributed by atoms with Crippen molar-refractivity contribution in [3.63, 3.8) is 0 Å². The van der Waals surface area contributed by atoms with Gasteiger partial charge in [0.2, 0.25) is 0 Å². The van der Waals surface area contributed by atoms with E-state index in [-0.39, 0.29) is 6.04 Å². The van der Waals surface area contributed by atoms with E-state index in [9.17, 15) is 0 Å². The molecule has 0 radical (unpaired) electrons. The number of hydrogen-bond donors (Lipinski definition) is 1. The van der Waals surface area contributed by atoms with Crippen molar-refractivity contribution in [2.45, 2.75) is 19.4 Å². The van der Waals surface area contributed by atoms with E-state index in [4.69, 9.17) is 4.42 Å². The second-order valence-corrected chi connectivity index (χ2v) is 4.67. The summed E-state index contributed by atoms with van der Waals surface area (Å²) in [5.74, 6) is 0. The molecule has 17 heavy (non-hydrogen) atoms. The summed E-state index contributed by atoms with van der Waals surface area (Å²) in [6, 6.07) is 12.6. The Morgan fingerprint density at radius 3 is 2.59 bits per heavy atom. The van der Waals surface area contributed by atoms with Crippen LogP contribution < -0.4 is 5.32 Å². The van der Waals surface area contributed by atoms with Crippen molar-refractivity contribution in [2.24, 2.45) is 0 Å². The largest absolute Gasteiger partial charge is 0.457 e. The van der Waals surface area contributed by atoms with E-state index in [0.29, 0.717) is 0 Å². The van der Waals surface area contributed by atoms with Gasteiger partial charge in [-0.1, -0.05) is 37.3 Å². The fourth-order valence-electron chi connectivity index (χ4n) is 1.85. The molecule has 0 saturated heterocycles. The van der Waals surface area contributed by atoms with Gasteiger partial charge in [-0.15, -0.1) is 0 Å². The lowest BCUT2D eigenvalue weighted by Gasteiger charge is -2.18. The fraction of sp³-hybridized carbons (Fsp3) is 0.286. The summed E-state index contributed by atoms with van der Waals surface area (Å²) < 4.78 is 6.12. The molecule has 0 aliphatic carbocycles. The zero-order chi connectivity index (χ0) is 12.1. The SMILES string of the molecule is CCCNC(c1ccccc1)c1ccoc1Br. The molecule has 1 unspecified atom stereocenters. The smallest absolute Gasteiger partial charge is 0.174 e. The van der Waals surface area contributed by atoms with Crippen molar-refractivity contribution >= 4 is 15.9 Å². The maximum atomic E-state index is 5.32. The topological polar surface area (TPSA) is 25.2 Å². The molecule has 2 nitrogen and oxygen atoms in total. The van der Waals surface area contributed by atoms with Gasteiger partial charge in [-0.25, -0.2) is 0 Å². The molecule has 2 rings (SSSR count). The molecule has 3 heteroatoms. The van der Waals surface area contributed by atoms with Gasteiger partial charge in [-0.05, 0) is 40.5 Å². The average Bonchev–Trinajstić information content (AvgIpc) is 2.78. The van der Waals surface area contributed by atoms with Crippen LogP contribution in [0.4, 0.5) is 0 Å². The second-order valence-electron chi connectivity index (χ2n) is 3.95. The van der Waals surface area contributed by atoms with Crippen LogP contribution in [-0.4, -0.2) is 6.54 Å². The van der Waals surface area contributed by atoms with Gasteiger partial charge in [0.25, 0.3) is 0 Å². The normalized spacial score (nSPS) is 12.6. The number of furan rings is 1. The molecule has 0 aliphatic rings. The molecule has 0 amide bonds. The van der Waals surface area contributed by atoms with Crippen LogP contribution in [0.5, 0.6) is 0 Å². The Balaban J connectivity index is 2.29. The first-order chi connectivity index (χ1) is 8.33. The van der Waals surface area contributed by atoms with E-state index in [0.717, 1.165) is 23.2 Å². The zero-order valence-electron chi connectivity index (χ0n) is 9.82. The highest BCUT2D eigenvalue weighted by Gasteiger charge is 2.17. The molecule has 1 N–H and O–H groups in total. The van der Waals surface area contributed by atoms with Gasteiger partial charge in [0.15, 0.2) is 4.67 Å². The standard InChI is InChI=1S/C14H16BrNO/c1-2-9-16-13(11-6-4-3-5-7-11)12-8-10-17-14(12)15/h3-8,10,13,16H,2,9H2,1H3. The zero-order valence-corrected chi connectivity index (χ0v) is 11.4. The highest BCUT2D eigenvalue weighted by atomic mass is 79.9. The van der Waals surface area contributed by atoms with E-state index >= 15 is 0 Å². The quantitative estimate of drug-likeness (QED) is 0.897. The first kappa shape index (κ1) is 12.4. The van der Waals surface area contributed by atoms with Crippen molar-refractivity contribution in [3.05, 3.63) is 58.5 Å². The Bertz CT molecular complexity index is 452. The predicted octanol–water partition coefficient (Wildman–Crippen LogP) is 4.13. The summed E-state index contributed by atoms with van der Waals surface area (Å²) in [6.07, 6.45) is 2.82. The van der Waals surface area contributed by atoms with Gasteiger partial charge in [0, 0.05) is 5.56 Å². The number of hydrogen-bond acceptors (Lipinski definition) is 2. The van der Waals surface area contributed by atoms with Crippen LogP contribution in [0, 0.1) is 0 Å². The van der Waals surface area contributed by atoms with E-state index < -0.39 is 0 Å². The Hall–Kier alpha value is -1.06. The van der Waals surface area contributed by atoms with Gasteiger partial charge < -0.3 is 9.73 Å². The number of rotatable bonds is 5. The molecule has 0 aliphatic heterocycles. The first-order valence-electron chi connectivity index (χ1n) is 5.84. The van der Waals surface area contributed by atoms with Crippen LogP contribution in [0.15, 0.2) is 51.7 Å². The Morgan fingerprint density at radius 1 is 1.24 bits per heavy atom. The second kappa shape index (κ2) is 6.03. The van der Waals surface area contributed by atoms with Crippen LogP contribution in [-0.2, 0) is 0 Å². The Kier molecular flexibility index (Phi) is 4.40. The molecule has 1 aromatic carbocycles. The first-order valence-corrected chi connectivity index (χ1v) is 6.63. The lowest BCUT2D eigenvalue weighted by Crippen LogP contribution is -2.23. The van der Waals surface area contributed by atoms with Crippen molar-refractivity contribution in [3.8, 4) is 0 Å². The highest BCUT2D eigenvalue weighted by molar-refractivity contribution is 9.10. The molecule has 0 fully saturated rings. The minimum Gasteiger partial charge on any atom is -0.457 e. The summed E-state index contributed by atoms with van der Waals surface area (Å²) in [5.41, 5.74) is 2.40. The third kappa shape index (κ3) is 2.99. The fourth-order valence-corrected chi connectivity index (χ4v) is 2.32. The van der Waals surface area contributed by atoms with Crippen molar-refractivity contribution in [1.82, 2.24) is 5.32 Å². The molecular weight excluding hydrogens is 278 g/mol. The lowest BCUT2D eigenvalue weighted by atomic mass is 10.0. The lowest BCUT2D eigenvalue weighted by molar-refractivity contribution is 0.523. The van der Waals surface area contributed by atoms with Gasteiger partial charge in [-0.2, -0.15) is 0 Å².